The van der Waals surface area contributed by atoms with Gasteiger partial charge in [0, 0.05) is 19.5 Å². The van der Waals surface area contributed by atoms with Gasteiger partial charge in [-0.3, -0.25) is 4.79 Å². The third-order valence-corrected chi connectivity index (χ3v) is 1.59. The van der Waals surface area contributed by atoms with Gasteiger partial charge in [0.1, 0.15) is 0 Å². The Hall–Kier alpha value is -0.570. The monoisotopic (exact) mass is 173 g/mol. The van der Waals surface area contributed by atoms with Crippen LogP contribution in [0.5, 0.6) is 0 Å². The van der Waals surface area contributed by atoms with E-state index in [0.29, 0.717) is 6.54 Å². The Labute approximate surface area is 74.4 Å². The summed E-state index contributed by atoms with van der Waals surface area (Å²) >= 11 is 0. The zero-order valence-corrected chi connectivity index (χ0v) is 8.59. The Morgan fingerprint density at radius 1 is 1.50 bits per heavy atom. The second kappa shape index (κ2) is 3.90. The van der Waals surface area contributed by atoms with Gasteiger partial charge in [-0.15, -0.1) is 0 Å². The molecule has 0 spiro atoms. The Balaban J connectivity index is 4.25. The second-order valence-electron chi connectivity index (χ2n) is 4.05. The van der Waals surface area contributed by atoms with Gasteiger partial charge in [-0.2, -0.15) is 0 Å². The van der Waals surface area contributed by atoms with Crippen molar-refractivity contribution in [3.63, 3.8) is 0 Å². The van der Waals surface area contributed by atoms with E-state index in [1.807, 2.05) is 13.8 Å². The summed E-state index contributed by atoms with van der Waals surface area (Å²) in [6.07, 6.45) is 0. The summed E-state index contributed by atoms with van der Waals surface area (Å²) in [6, 6.07) is 0.147. The van der Waals surface area contributed by atoms with Gasteiger partial charge >= 0.3 is 0 Å². The fourth-order valence-electron chi connectivity index (χ4n) is 1.07. The summed E-state index contributed by atoms with van der Waals surface area (Å²) in [7, 11) is 0. The number of amides is 1. The van der Waals surface area contributed by atoms with Gasteiger partial charge in [0.25, 0.3) is 0 Å². The lowest BCUT2D eigenvalue weighted by Crippen LogP contribution is -2.44. The van der Waals surface area contributed by atoms with Crippen LogP contribution in [0.2, 0.25) is 0 Å². The molecule has 0 radical (unpaired) electrons. The van der Waals surface area contributed by atoms with Gasteiger partial charge < -0.3 is 10.0 Å². The molecular formula is C9H19NO2. The first-order valence-electron chi connectivity index (χ1n) is 4.23. The molecular weight excluding hydrogens is 154 g/mol. The molecule has 0 fully saturated rings. The molecule has 3 nitrogen and oxygen atoms in total. The highest BCUT2D eigenvalue weighted by molar-refractivity contribution is 5.73. The van der Waals surface area contributed by atoms with Crippen LogP contribution in [0.1, 0.15) is 34.6 Å². The first-order valence-corrected chi connectivity index (χ1v) is 4.23. The topological polar surface area (TPSA) is 40.5 Å². The van der Waals surface area contributed by atoms with Crippen LogP contribution in [0.15, 0.2) is 0 Å². The minimum absolute atomic E-state index is 0.00660. The molecule has 0 bridgehead atoms. The molecule has 0 aromatic carbocycles. The number of aliphatic hydroxyl groups is 1. The van der Waals surface area contributed by atoms with E-state index in [1.165, 1.54) is 6.92 Å². The van der Waals surface area contributed by atoms with Crippen LogP contribution in [0.4, 0.5) is 0 Å². The van der Waals surface area contributed by atoms with Crippen LogP contribution in [-0.2, 0) is 4.79 Å². The first kappa shape index (κ1) is 11.4. The SMILES string of the molecule is CC(=O)N(CC(C)(C)O)C(C)C. The van der Waals surface area contributed by atoms with Crippen LogP contribution < -0.4 is 0 Å². The molecule has 0 aliphatic carbocycles. The van der Waals surface area contributed by atoms with Crippen molar-refractivity contribution in [2.75, 3.05) is 6.54 Å². The smallest absolute Gasteiger partial charge is 0.219 e. The molecule has 0 saturated heterocycles. The minimum Gasteiger partial charge on any atom is -0.389 e. The standard InChI is InChI=1S/C9H19NO2/c1-7(2)10(8(3)11)6-9(4,5)12/h7,12H,6H2,1-5H3. The van der Waals surface area contributed by atoms with E-state index in [9.17, 15) is 9.90 Å². The van der Waals surface area contributed by atoms with Crippen molar-refractivity contribution < 1.29 is 9.90 Å². The third kappa shape index (κ3) is 4.34. The van der Waals surface area contributed by atoms with Crippen LogP contribution in [-0.4, -0.2) is 34.1 Å². The molecule has 1 N–H and O–H groups in total. The third-order valence-electron chi connectivity index (χ3n) is 1.59. The lowest BCUT2D eigenvalue weighted by molar-refractivity contribution is -0.133. The van der Waals surface area contributed by atoms with E-state index in [0.717, 1.165) is 0 Å². The Morgan fingerprint density at radius 2 is 1.92 bits per heavy atom. The Bertz CT molecular complexity index is 158. The first-order chi connectivity index (χ1) is 5.24. The van der Waals surface area contributed by atoms with E-state index in [4.69, 9.17) is 0 Å². The highest BCUT2D eigenvalue weighted by atomic mass is 16.3. The maximum Gasteiger partial charge on any atom is 0.219 e. The van der Waals surface area contributed by atoms with Crippen molar-refractivity contribution in [3.05, 3.63) is 0 Å². The van der Waals surface area contributed by atoms with Crippen molar-refractivity contribution in [1.29, 1.82) is 0 Å². The lowest BCUT2D eigenvalue weighted by Gasteiger charge is -2.31. The van der Waals surface area contributed by atoms with E-state index >= 15 is 0 Å². The van der Waals surface area contributed by atoms with Crippen molar-refractivity contribution in [2.24, 2.45) is 0 Å². The molecule has 0 aliphatic rings. The predicted molar refractivity (Wildman–Crippen MR) is 48.8 cm³/mol. The van der Waals surface area contributed by atoms with Crippen LogP contribution in [0.3, 0.4) is 0 Å². The molecule has 72 valence electrons. The molecule has 0 rings (SSSR count). The Morgan fingerprint density at radius 3 is 2.00 bits per heavy atom. The van der Waals surface area contributed by atoms with E-state index < -0.39 is 5.60 Å². The largest absolute Gasteiger partial charge is 0.389 e. The predicted octanol–water partition coefficient (Wildman–Crippen LogP) is 1.01. The molecule has 0 aromatic rings. The number of carbonyl (C=O) groups is 1. The van der Waals surface area contributed by atoms with Crippen LogP contribution in [0.25, 0.3) is 0 Å². The Kier molecular flexibility index (Phi) is 3.71. The fourth-order valence-corrected chi connectivity index (χ4v) is 1.07. The molecule has 0 unspecified atom stereocenters. The molecule has 12 heavy (non-hydrogen) atoms. The van der Waals surface area contributed by atoms with E-state index in [1.54, 1.807) is 18.7 Å². The summed E-state index contributed by atoms with van der Waals surface area (Å²) in [5.41, 5.74) is -0.810. The van der Waals surface area contributed by atoms with Crippen LogP contribution in [0, 0.1) is 0 Å². The summed E-state index contributed by atoms with van der Waals surface area (Å²) in [5.74, 6) is 0.00660. The summed E-state index contributed by atoms with van der Waals surface area (Å²) in [5, 5.41) is 9.49. The average molecular weight is 173 g/mol. The molecule has 0 saturated carbocycles. The van der Waals surface area contributed by atoms with Gasteiger partial charge in [0.15, 0.2) is 0 Å². The number of nitrogens with zero attached hydrogens (tertiary/aromatic N) is 1. The molecule has 0 aromatic heterocycles. The van der Waals surface area contributed by atoms with Crippen molar-refractivity contribution >= 4 is 5.91 Å². The van der Waals surface area contributed by atoms with Gasteiger partial charge in [-0.1, -0.05) is 0 Å². The van der Waals surface area contributed by atoms with Crippen molar-refractivity contribution in [2.45, 2.75) is 46.3 Å². The quantitative estimate of drug-likeness (QED) is 0.692. The van der Waals surface area contributed by atoms with E-state index in [2.05, 4.69) is 0 Å². The summed E-state index contributed by atoms with van der Waals surface area (Å²) in [6.45, 7) is 9.18. The van der Waals surface area contributed by atoms with Crippen LogP contribution >= 0.6 is 0 Å². The van der Waals surface area contributed by atoms with Gasteiger partial charge in [-0.25, -0.2) is 0 Å². The van der Waals surface area contributed by atoms with E-state index in [-0.39, 0.29) is 11.9 Å². The summed E-state index contributed by atoms with van der Waals surface area (Å²) in [4.78, 5) is 12.7. The highest BCUT2D eigenvalue weighted by Gasteiger charge is 2.21. The molecule has 0 atom stereocenters. The molecule has 0 aliphatic heterocycles. The van der Waals surface area contributed by atoms with Gasteiger partial charge in [0.05, 0.1) is 5.60 Å². The number of hydrogen-bond acceptors (Lipinski definition) is 2. The number of rotatable bonds is 3. The maximum atomic E-state index is 11.1. The van der Waals surface area contributed by atoms with Gasteiger partial charge in [0.2, 0.25) is 5.91 Å². The molecule has 0 heterocycles. The second-order valence-corrected chi connectivity index (χ2v) is 4.05. The van der Waals surface area contributed by atoms with Gasteiger partial charge in [-0.05, 0) is 27.7 Å². The number of hydrogen-bond donors (Lipinski definition) is 1. The maximum absolute atomic E-state index is 11.1. The zero-order chi connectivity index (χ0) is 9.94. The van der Waals surface area contributed by atoms with Crippen molar-refractivity contribution in [1.82, 2.24) is 4.90 Å². The minimum atomic E-state index is -0.810. The lowest BCUT2D eigenvalue weighted by atomic mass is 10.1. The highest BCUT2D eigenvalue weighted by Crippen LogP contribution is 2.08. The molecule has 3 heteroatoms. The average Bonchev–Trinajstić information content (AvgIpc) is 1.79. The van der Waals surface area contributed by atoms with Crippen molar-refractivity contribution in [3.8, 4) is 0 Å². The number of carbonyl (C=O) groups excluding carboxylic acids is 1. The molecule has 1 amide bonds. The zero-order valence-electron chi connectivity index (χ0n) is 8.59. The fraction of sp³-hybridized carbons (Fsp3) is 0.889. The summed E-state index contributed by atoms with van der Waals surface area (Å²) < 4.78 is 0. The normalized spacial score (nSPS) is 11.9.